The second kappa shape index (κ2) is 10.4. The molecule has 33 heavy (non-hydrogen) atoms. The molecule has 3 rings (SSSR count). The summed E-state index contributed by atoms with van der Waals surface area (Å²) in [4.78, 5) is 13.1. The maximum atomic E-state index is 13.6. The van der Waals surface area contributed by atoms with Crippen molar-refractivity contribution >= 4 is 21.6 Å². The van der Waals surface area contributed by atoms with Gasteiger partial charge in [-0.25, -0.2) is 8.42 Å². The Hall–Kier alpha value is -3.52. The van der Waals surface area contributed by atoms with Crippen LogP contribution in [0.5, 0.6) is 11.5 Å². The fraction of sp³-hybridized carbons (Fsp3) is 0.240. The normalized spacial score (nSPS) is 12.0. The summed E-state index contributed by atoms with van der Waals surface area (Å²) in [6.07, 6.45) is 0. The van der Waals surface area contributed by atoms with Crippen LogP contribution in [0.3, 0.4) is 0 Å². The van der Waals surface area contributed by atoms with Gasteiger partial charge in [0.05, 0.1) is 30.8 Å². The Kier molecular flexibility index (Phi) is 7.60. The van der Waals surface area contributed by atoms with Crippen molar-refractivity contribution in [3.05, 3.63) is 83.9 Å². The van der Waals surface area contributed by atoms with E-state index in [0.29, 0.717) is 5.75 Å². The Morgan fingerprint density at radius 2 is 1.64 bits per heavy atom. The van der Waals surface area contributed by atoms with E-state index in [2.05, 4.69) is 5.32 Å². The topological polar surface area (TPSA) is 84.9 Å². The molecule has 0 saturated carbocycles. The van der Waals surface area contributed by atoms with Gasteiger partial charge in [-0.05, 0) is 43.7 Å². The minimum absolute atomic E-state index is 0.0786. The molecule has 0 radical (unpaired) electrons. The molecule has 3 aromatic rings. The molecule has 1 amide bonds. The Bertz CT molecular complexity index is 1200. The number of nitrogens with zero attached hydrogens (tertiary/aromatic N) is 1. The van der Waals surface area contributed by atoms with Crippen LogP contribution >= 0.6 is 0 Å². The highest BCUT2D eigenvalue weighted by molar-refractivity contribution is 7.92. The second-order valence-electron chi connectivity index (χ2n) is 7.56. The third kappa shape index (κ3) is 5.64. The smallest absolute Gasteiger partial charge is 0.264 e. The number of amides is 1. The Morgan fingerprint density at radius 3 is 2.24 bits per heavy atom. The SMILES string of the molecule is COc1ccc(N(CC(=O)N[C@@H](C)c2ccccc2)S(=O)(=O)c2ccc(C)cc2)c(OC)c1. The molecule has 0 aromatic heterocycles. The fourth-order valence-electron chi connectivity index (χ4n) is 3.37. The van der Waals surface area contributed by atoms with Gasteiger partial charge in [0, 0.05) is 6.07 Å². The minimum atomic E-state index is -4.07. The van der Waals surface area contributed by atoms with Gasteiger partial charge in [-0.2, -0.15) is 0 Å². The number of aryl methyl sites for hydroxylation is 1. The number of carbonyl (C=O) groups excluding carboxylic acids is 1. The Balaban J connectivity index is 1.98. The van der Waals surface area contributed by atoms with Crippen LogP contribution < -0.4 is 19.1 Å². The minimum Gasteiger partial charge on any atom is -0.497 e. The lowest BCUT2D eigenvalue weighted by molar-refractivity contribution is -0.120. The van der Waals surface area contributed by atoms with Gasteiger partial charge in [0.1, 0.15) is 18.0 Å². The molecule has 1 atom stereocenters. The Morgan fingerprint density at radius 1 is 0.970 bits per heavy atom. The Labute approximate surface area is 195 Å². The number of methoxy groups -OCH3 is 2. The summed E-state index contributed by atoms with van der Waals surface area (Å²) in [6, 6.07) is 20.4. The van der Waals surface area contributed by atoms with E-state index < -0.39 is 22.5 Å². The van der Waals surface area contributed by atoms with Crippen LogP contribution in [0.15, 0.2) is 77.7 Å². The monoisotopic (exact) mass is 468 g/mol. The molecule has 8 heteroatoms. The molecule has 0 aliphatic rings. The average molecular weight is 469 g/mol. The van der Waals surface area contributed by atoms with Crippen molar-refractivity contribution < 1.29 is 22.7 Å². The van der Waals surface area contributed by atoms with E-state index in [9.17, 15) is 13.2 Å². The van der Waals surface area contributed by atoms with E-state index in [0.717, 1.165) is 15.4 Å². The maximum Gasteiger partial charge on any atom is 0.264 e. The second-order valence-corrected chi connectivity index (χ2v) is 9.42. The summed E-state index contributed by atoms with van der Waals surface area (Å²) in [5.41, 5.74) is 2.08. The molecule has 0 unspecified atom stereocenters. The average Bonchev–Trinajstić information content (AvgIpc) is 2.83. The number of sulfonamides is 1. The number of anilines is 1. The van der Waals surface area contributed by atoms with Gasteiger partial charge in [-0.3, -0.25) is 9.10 Å². The number of hydrogen-bond donors (Lipinski definition) is 1. The molecule has 0 heterocycles. The molecule has 1 N–H and O–H groups in total. The summed E-state index contributed by atoms with van der Waals surface area (Å²) >= 11 is 0. The standard InChI is InChI=1S/C25H28N2O5S/c1-18-10-13-22(14-11-18)33(29,30)27(23-15-12-21(31-3)16-24(23)32-4)17-25(28)26-19(2)20-8-6-5-7-9-20/h5-16,19H,17H2,1-4H3,(H,26,28)/t19-/m0/s1. The van der Waals surface area contributed by atoms with Gasteiger partial charge < -0.3 is 14.8 Å². The van der Waals surface area contributed by atoms with Crippen LogP contribution in [-0.2, 0) is 14.8 Å². The molecule has 0 saturated heterocycles. The molecule has 0 spiro atoms. The van der Waals surface area contributed by atoms with E-state index in [4.69, 9.17) is 9.47 Å². The highest BCUT2D eigenvalue weighted by Crippen LogP contribution is 2.35. The van der Waals surface area contributed by atoms with Crippen LogP contribution in [0.4, 0.5) is 5.69 Å². The predicted molar refractivity (Wildman–Crippen MR) is 128 cm³/mol. The van der Waals surface area contributed by atoms with Crippen molar-refractivity contribution in [2.75, 3.05) is 25.1 Å². The molecule has 0 fully saturated rings. The van der Waals surface area contributed by atoms with Gasteiger partial charge >= 0.3 is 0 Å². The third-order valence-electron chi connectivity index (χ3n) is 5.23. The first-order chi connectivity index (χ1) is 15.8. The highest BCUT2D eigenvalue weighted by Gasteiger charge is 2.30. The number of carbonyl (C=O) groups is 1. The summed E-state index contributed by atoms with van der Waals surface area (Å²) in [5, 5.41) is 2.88. The molecule has 7 nitrogen and oxygen atoms in total. The first-order valence-electron chi connectivity index (χ1n) is 10.4. The van der Waals surface area contributed by atoms with Gasteiger partial charge in [0.2, 0.25) is 5.91 Å². The van der Waals surface area contributed by atoms with Gasteiger partial charge in [-0.1, -0.05) is 48.0 Å². The first kappa shape index (κ1) is 24.1. The summed E-state index contributed by atoms with van der Waals surface area (Å²) in [6.45, 7) is 3.30. The predicted octanol–water partition coefficient (Wildman–Crippen LogP) is 4.08. The van der Waals surface area contributed by atoms with E-state index in [1.54, 1.807) is 30.3 Å². The van der Waals surface area contributed by atoms with Crippen molar-refractivity contribution in [3.63, 3.8) is 0 Å². The van der Waals surface area contributed by atoms with Crippen molar-refractivity contribution in [1.82, 2.24) is 5.32 Å². The van der Waals surface area contributed by atoms with Crippen LogP contribution in [0.1, 0.15) is 24.1 Å². The largest absolute Gasteiger partial charge is 0.497 e. The molecular weight excluding hydrogens is 440 g/mol. The lowest BCUT2D eigenvalue weighted by Gasteiger charge is -2.26. The van der Waals surface area contributed by atoms with Crippen molar-refractivity contribution in [2.45, 2.75) is 24.8 Å². The number of rotatable bonds is 9. The zero-order chi connectivity index (χ0) is 24.0. The summed E-state index contributed by atoms with van der Waals surface area (Å²) in [5.74, 6) is 0.333. The van der Waals surface area contributed by atoms with Crippen LogP contribution in [0.2, 0.25) is 0 Å². The van der Waals surface area contributed by atoms with Crippen LogP contribution in [0.25, 0.3) is 0 Å². The molecule has 0 aliphatic carbocycles. The quantitative estimate of drug-likeness (QED) is 0.511. The van der Waals surface area contributed by atoms with Gasteiger partial charge in [0.15, 0.2) is 0 Å². The van der Waals surface area contributed by atoms with Gasteiger partial charge in [-0.15, -0.1) is 0 Å². The molecule has 3 aromatic carbocycles. The number of hydrogen-bond acceptors (Lipinski definition) is 5. The maximum absolute atomic E-state index is 13.6. The van der Waals surface area contributed by atoms with E-state index in [-0.39, 0.29) is 22.4 Å². The number of ether oxygens (including phenoxy) is 2. The molecule has 0 aliphatic heterocycles. The van der Waals surface area contributed by atoms with Crippen LogP contribution in [-0.4, -0.2) is 35.1 Å². The number of benzene rings is 3. The fourth-order valence-corrected chi connectivity index (χ4v) is 4.80. The van der Waals surface area contributed by atoms with Crippen molar-refractivity contribution in [1.29, 1.82) is 0 Å². The zero-order valence-electron chi connectivity index (χ0n) is 19.1. The van der Waals surface area contributed by atoms with Crippen molar-refractivity contribution in [2.24, 2.45) is 0 Å². The molecule has 0 bridgehead atoms. The highest BCUT2D eigenvalue weighted by atomic mass is 32.2. The number of nitrogens with one attached hydrogen (secondary N) is 1. The first-order valence-corrected chi connectivity index (χ1v) is 11.9. The van der Waals surface area contributed by atoms with Crippen molar-refractivity contribution in [3.8, 4) is 11.5 Å². The van der Waals surface area contributed by atoms with E-state index >= 15 is 0 Å². The van der Waals surface area contributed by atoms with E-state index in [1.807, 2.05) is 44.2 Å². The summed E-state index contributed by atoms with van der Waals surface area (Å²) in [7, 11) is -1.12. The zero-order valence-corrected chi connectivity index (χ0v) is 19.9. The van der Waals surface area contributed by atoms with E-state index in [1.165, 1.54) is 26.4 Å². The molecule has 174 valence electrons. The third-order valence-corrected chi connectivity index (χ3v) is 7.00. The van der Waals surface area contributed by atoms with Crippen LogP contribution in [0, 0.1) is 6.92 Å². The lowest BCUT2D eigenvalue weighted by atomic mass is 10.1. The summed E-state index contributed by atoms with van der Waals surface area (Å²) < 4.78 is 39.0. The lowest BCUT2D eigenvalue weighted by Crippen LogP contribution is -2.41. The molecular formula is C25H28N2O5S. The van der Waals surface area contributed by atoms with Gasteiger partial charge in [0.25, 0.3) is 10.0 Å².